The Morgan fingerprint density at radius 1 is 1.14 bits per heavy atom. The van der Waals surface area contributed by atoms with Crippen molar-refractivity contribution in [2.24, 2.45) is 29.6 Å². The van der Waals surface area contributed by atoms with Crippen molar-refractivity contribution in [1.29, 1.82) is 0 Å². The predicted octanol–water partition coefficient (Wildman–Crippen LogP) is 4.64. The molecule has 6 nitrogen and oxygen atoms in total. The molecule has 0 bridgehead atoms. The third-order valence-corrected chi connectivity index (χ3v) is 8.37. The van der Waals surface area contributed by atoms with Crippen molar-refractivity contribution in [2.45, 2.75) is 104 Å². The number of hydrogen-bond acceptors (Lipinski definition) is 5. The first kappa shape index (κ1) is 27.9. The maximum absolute atomic E-state index is 12.6. The Morgan fingerprint density at radius 3 is 2.54 bits per heavy atom. The van der Waals surface area contributed by atoms with Crippen LogP contribution in [0.5, 0.6) is 0 Å². The summed E-state index contributed by atoms with van der Waals surface area (Å²) >= 11 is 0. The van der Waals surface area contributed by atoms with Gasteiger partial charge < -0.3 is 19.8 Å². The molecule has 6 heteroatoms. The average molecular weight is 490 g/mol. The number of ether oxygens (including phenoxy) is 1. The molecule has 0 spiro atoms. The summed E-state index contributed by atoms with van der Waals surface area (Å²) in [6.07, 6.45) is 11.6. The summed E-state index contributed by atoms with van der Waals surface area (Å²) < 4.78 is 6.08. The molecule has 8 atom stereocenters. The van der Waals surface area contributed by atoms with E-state index in [9.17, 15) is 19.8 Å². The molecular formula is C29H47NO5. The zero-order valence-corrected chi connectivity index (χ0v) is 22.2. The highest BCUT2D eigenvalue weighted by atomic mass is 16.5. The number of piperidine rings is 1. The van der Waals surface area contributed by atoms with Crippen LogP contribution in [0.4, 0.5) is 0 Å². The summed E-state index contributed by atoms with van der Waals surface area (Å²) in [5, 5.41) is 21.2. The summed E-state index contributed by atoms with van der Waals surface area (Å²) in [6.45, 7) is 9.85. The van der Waals surface area contributed by atoms with Crippen molar-refractivity contribution in [3.05, 3.63) is 23.8 Å². The zero-order chi connectivity index (χ0) is 25.5. The molecule has 1 heterocycles. The number of carbonyl (C=O) groups is 2. The van der Waals surface area contributed by atoms with Crippen molar-refractivity contribution in [3.63, 3.8) is 0 Å². The fraction of sp³-hybridized carbons (Fsp3) is 0.793. The number of nitrogens with zero attached hydrogens (tertiary/aromatic N) is 1. The number of aliphatic hydroxyl groups is 2. The van der Waals surface area contributed by atoms with Crippen molar-refractivity contribution < 1.29 is 24.5 Å². The minimum atomic E-state index is -0.821. The third kappa shape index (κ3) is 7.66. The second-order valence-electron chi connectivity index (χ2n) is 11.3. The van der Waals surface area contributed by atoms with Gasteiger partial charge in [0.2, 0.25) is 5.91 Å². The molecule has 1 saturated heterocycles. The number of hydrogen-bond donors (Lipinski definition) is 2. The molecule has 0 unspecified atom stereocenters. The molecule has 2 aliphatic carbocycles. The molecule has 0 aromatic heterocycles. The van der Waals surface area contributed by atoms with Crippen LogP contribution in [-0.4, -0.2) is 58.4 Å². The van der Waals surface area contributed by atoms with Crippen molar-refractivity contribution in [2.75, 3.05) is 13.1 Å². The number of esters is 1. The van der Waals surface area contributed by atoms with E-state index in [2.05, 4.69) is 32.1 Å². The number of carbonyl (C=O) groups excluding carboxylic acids is 2. The predicted molar refractivity (Wildman–Crippen MR) is 137 cm³/mol. The van der Waals surface area contributed by atoms with E-state index in [1.54, 1.807) is 0 Å². The SMILES string of the molecule is CC[C@H](C)C(=O)O[C@H]1C[C@@H](C)C=C2C=C[C@H](C)[C@H](CC[C@@H](O)C[C@@H](O)CC(=O)N3CCCCC3)[C@H]21. The highest BCUT2D eigenvalue weighted by Crippen LogP contribution is 2.45. The number of allylic oxidation sites excluding steroid dienone is 3. The maximum atomic E-state index is 12.6. The van der Waals surface area contributed by atoms with E-state index in [4.69, 9.17) is 4.74 Å². The lowest BCUT2D eigenvalue weighted by molar-refractivity contribution is -0.158. The Bertz CT molecular complexity index is 771. The number of amides is 1. The van der Waals surface area contributed by atoms with E-state index in [0.29, 0.717) is 18.3 Å². The molecule has 0 aromatic carbocycles. The van der Waals surface area contributed by atoms with Gasteiger partial charge in [0.15, 0.2) is 0 Å². The topological polar surface area (TPSA) is 87.1 Å². The van der Waals surface area contributed by atoms with Crippen LogP contribution in [0, 0.1) is 29.6 Å². The lowest BCUT2D eigenvalue weighted by Crippen LogP contribution is -2.41. The Morgan fingerprint density at radius 2 is 1.86 bits per heavy atom. The normalized spacial score (nSPS) is 31.2. The highest BCUT2D eigenvalue weighted by Gasteiger charge is 2.41. The molecule has 1 aliphatic heterocycles. The Labute approximate surface area is 211 Å². The monoisotopic (exact) mass is 489 g/mol. The molecule has 3 rings (SSSR count). The van der Waals surface area contributed by atoms with Crippen LogP contribution in [0.15, 0.2) is 23.8 Å². The van der Waals surface area contributed by atoms with Crippen molar-refractivity contribution in [3.8, 4) is 0 Å². The summed E-state index contributed by atoms with van der Waals surface area (Å²) in [6, 6.07) is 0. The summed E-state index contributed by atoms with van der Waals surface area (Å²) in [7, 11) is 0. The molecule has 1 amide bonds. The van der Waals surface area contributed by atoms with Gasteiger partial charge in [-0.05, 0) is 74.7 Å². The van der Waals surface area contributed by atoms with Crippen molar-refractivity contribution >= 4 is 11.9 Å². The van der Waals surface area contributed by atoms with Crippen LogP contribution in [0.2, 0.25) is 0 Å². The van der Waals surface area contributed by atoms with Crippen LogP contribution in [0.25, 0.3) is 0 Å². The Hall–Kier alpha value is -1.66. The van der Waals surface area contributed by atoms with E-state index < -0.39 is 12.2 Å². The first-order chi connectivity index (χ1) is 16.7. The second-order valence-corrected chi connectivity index (χ2v) is 11.3. The van der Waals surface area contributed by atoms with Gasteiger partial charge in [0.25, 0.3) is 0 Å². The van der Waals surface area contributed by atoms with E-state index in [1.165, 1.54) is 5.57 Å². The number of aliphatic hydroxyl groups excluding tert-OH is 2. The standard InChI is InChI=1S/C29H47NO5/c1-5-20(3)29(34)35-26-16-19(2)15-22-10-9-21(4)25(28(22)26)12-11-23(31)17-24(32)18-27(33)30-13-7-6-8-14-30/h9-10,15,19-21,23-26,28,31-32H,5-8,11-14,16-18H2,1-4H3/t19-,20-,21-,23+,24+,25-,26-,28-/m0/s1. The van der Waals surface area contributed by atoms with Crippen LogP contribution >= 0.6 is 0 Å². The van der Waals surface area contributed by atoms with E-state index in [0.717, 1.165) is 51.6 Å². The third-order valence-electron chi connectivity index (χ3n) is 8.37. The Balaban J connectivity index is 1.57. The number of fused-ring (bicyclic) bond motifs is 1. The molecule has 35 heavy (non-hydrogen) atoms. The second kappa shape index (κ2) is 13.0. The first-order valence-electron chi connectivity index (χ1n) is 13.9. The van der Waals surface area contributed by atoms with Crippen LogP contribution < -0.4 is 0 Å². The first-order valence-corrected chi connectivity index (χ1v) is 13.9. The fourth-order valence-corrected chi connectivity index (χ4v) is 6.03. The molecule has 3 aliphatic rings. The van der Waals surface area contributed by atoms with Gasteiger partial charge in [0, 0.05) is 19.0 Å². The Kier molecular flexibility index (Phi) is 10.4. The molecule has 0 saturated carbocycles. The quantitative estimate of drug-likeness (QED) is 0.437. The number of rotatable bonds is 10. The zero-order valence-electron chi connectivity index (χ0n) is 22.2. The summed E-state index contributed by atoms with van der Waals surface area (Å²) in [5.41, 5.74) is 1.25. The minimum Gasteiger partial charge on any atom is -0.461 e. The molecule has 1 fully saturated rings. The van der Waals surface area contributed by atoms with Crippen LogP contribution in [0.3, 0.4) is 0 Å². The van der Waals surface area contributed by atoms with Crippen molar-refractivity contribution in [1.82, 2.24) is 4.90 Å². The lowest BCUT2D eigenvalue weighted by atomic mass is 9.65. The molecule has 2 N–H and O–H groups in total. The van der Waals surface area contributed by atoms with E-state index >= 15 is 0 Å². The lowest BCUT2D eigenvalue weighted by Gasteiger charge is -2.43. The minimum absolute atomic E-state index is 0.00694. The van der Waals surface area contributed by atoms with E-state index in [1.807, 2.05) is 18.7 Å². The largest absolute Gasteiger partial charge is 0.461 e. The van der Waals surface area contributed by atoms with Gasteiger partial charge in [-0.25, -0.2) is 0 Å². The smallest absolute Gasteiger partial charge is 0.308 e. The van der Waals surface area contributed by atoms with Gasteiger partial charge in [-0.3, -0.25) is 9.59 Å². The van der Waals surface area contributed by atoms with Crippen LogP contribution in [0.1, 0.15) is 85.5 Å². The molecular weight excluding hydrogens is 442 g/mol. The van der Waals surface area contributed by atoms with E-state index in [-0.39, 0.29) is 48.6 Å². The van der Waals surface area contributed by atoms with Crippen LogP contribution in [-0.2, 0) is 14.3 Å². The summed E-state index contributed by atoms with van der Waals surface area (Å²) in [4.78, 5) is 26.9. The summed E-state index contributed by atoms with van der Waals surface area (Å²) in [5.74, 6) is 0.833. The molecule has 0 aromatic rings. The fourth-order valence-electron chi connectivity index (χ4n) is 6.03. The van der Waals surface area contributed by atoms with Gasteiger partial charge >= 0.3 is 5.97 Å². The van der Waals surface area contributed by atoms with Gasteiger partial charge in [0.05, 0.1) is 24.5 Å². The average Bonchev–Trinajstić information content (AvgIpc) is 2.83. The van der Waals surface area contributed by atoms with Gasteiger partial charge in [-0.2, -0.15) is 0 Å². The molecule has 0 radical (unpaired) electrons. The van der Waals surface area contributed by atoms with Gasteiger partial charge in [-0.1, -0.05) is 45.9 Å². The van der Waals surface area contributed by atoms with Gasteiger partial charge in [0.1, 0.15) is 6.10 Å². The molecule has 198 valence electrons. The highest BCUT2D eigenvalue weighted by molar-refractivity contribution is 5.76. The maximum Gasteiger partial charge on any atom is 0.308 e. The number of likely N-dealkylation sites (tertiary alicyclic amines) is 1. The van der Waals surface area contributed by atoms with Gasteiger partial charge in [-0.15, -0.1) is 0 Å².